The Morgan fingerprint density at radius 1 is 1.12 bits per heavy atom. The molecule has 0 fully saturated rings. The molecule has 0 amide bonds. The zero-order chi connectivity index (χ0) is 22.8. The molecule has 0 bridgehead atoms. The summed E-state index contributed by atoms with van der Waals surface area (Å²) in [6.07, 6.45) is 0.971. The SMILES string of the molecule is CCNC(=NCC(c1ccc(OC)c(OC)c1)N(C)C)NCCCn1nc(C)cc1C.I. The minimum Gasteiger partial charge on any atom is -0.493 e. The lowest BCUT2D eigenvalue weighted by atomic mass is 10.1. The second kappa shape index (κ2) is 14.2. The highest BCUT2D eigenvalue weighted by Gasteiger charge is 2.16. The van der Waals surface area contributed by atoms with Gasteiger partial charge in [-0.15, -0.1) is 24.0 Å². The first-order chi connectivity index (χ1) is 14.9. The van der Waals surface area contributed by atoms with Crippen LogP contribution in [0.5, 0.6) is 11.5 Å². The van der Waals surface area contributed by atoms with E-state index in [1.165, 1.54) is 5.69 Å². The second-order valence-electron chi connectivity index (χ2n) is 7.74. The van der Waals surface area contributed by atoms with Crippen LogP contribution in [0, 0.1) is 13.8 Å². The molecule has 2 N–H and O–H groups in total. The fourth-order valence-electron chi connectivity index (χ4n) is 3.48. The van der Waals surface area contributed by atoms with Crippen LogP contribution in [0.3, 0.4) is 0 Å². The Hall–Kier alpha value is -2.01. The van der Waals surface area contributed by atoms with E-state index in [0.717, 1.165) is 54.8 Å². The molecule has 1 unspecified atom stereocenters. The minimum absolute atomic E-state index is 0. The van der Waals surface area contributed by atoms with Gasteiger partial charge in [0.1, 0.15) is 0 Å². The number of aliphatic imine (C=N–C) groups is 1. The predicted molar refractivity (Wildman–Crippen MR) is 142 cm³/mol. The molecule has 0 aliphatic carbocycles. The molecule has 0 aliphatic heterocycles. The van der Waals surface area contributed by atoms with Gasteiger partial charge in [-0.25, -0.2) is 0 Å². The molecular weight excluding hydrogens is 519 g/mol. The Bertz CT molecular complexity index is 853. The van der Waals surface area contributed by atoms with Crippen LogP contribution in [-0.2, 0) is 6.54 Å². The van der Waals surface area contributed by atoms with E-state index in [4.69, 9.17) is 14.5 Å². The fraction of sp³-hybridized carbons (Fsp3) is 0.565. The number of nitrogens with one attached hydrogen (secondary N) is 2. The second-order valence-corrected chi connectivity index (χ2v) is 7.74. The Labute approximate surface area is 209 Å². The Morgan fingerprint density at radius 2 is 1.84 bits per heavy atom. The van der Waals surface area contributed by atoms with Gasteiger partial charge in [-0.2, -0.15) is 5.10 Å². The predicted octanol–water partition coefficient (Wildman–Crippen LogP) is 3.38. The number of guanidine groups is 1. The summed E-state index contributed by atoms with van der Waals surface area (Å²) in [7, 11) is 7.43. The van der Waals surface area contributed by atoms with Gasteiger partial charge in [-0.1, -0.05) is 6.07 Å². The maximum absolute atomic E-state index is 5.47. The average molecular weight is 559 g/mol. The Kier molecular flexibility index (Phi) is 12.4. The first-order valence-electron chi connectivity index (χ1n) is 10.8. The molecule has 180 valence electrons. The molecule has 1 aromatic carbocycles. The van der Waals surface area contributed by atoms with Crippen LogP contribution < -0.4 is 20.1 Å². The first kappa shape index (κ1) is 28.0. The maximum Gasteiger partial charge on any atom is 0.191 e. The van der Waals surface area contributed by atoms with Crippen molar-refractivity contribution in [1.29, 1.82) is 0 Å². The number of methoxy groups -OCH3 is 2. The molecule has 32 heavy (non-hydrogen) atoms. The van der Waals surface area contributed by atoms with Crippen molar-refractivity contribution in [2.75, 3.05) is 47.9 Å². The van der Waals surface area contributed by atoms with Gasteiger partial charge in [0.25, 0.3) is 0 Å². The van der Waals surface area contributed by atoms with Crippen LogP contribution in [0.2, 0.25) is 0 Å². The molecular formula is C23H39IN6O2. The third-order valence-electron chi connectivity index (χ3n) is 5.12. The Morgan fingerprint density at radius 3 is 2.41 bits per heavy atom. The van der Waals surface area contributed by atoms with Gasteiger partial charge in [0, 0.05) is 25.3 Å². The zero-order valence-corrected chi connectivity index (χ0v) is 22.8. The number of halogens is 1. The highest BCUT2D eigenvalue weighted by molar-refractivity contribution is 14.0. The number of rotatable bonds is 11. The van der Waals surface area contributed by atoms with Gasteiger partial charge in [0.2, 0.25) is 0 Å². The van der Waals surface area contributed by atoms with Crippen molar-refractivity contribution < 1.29 is 9.47 Å². The van der Waals surface area contributed by atoms with Gasteiger partial charge in [0.05, 0.1) is 32.5 Å². The summed E-state index contributed by atoms with van der Waals surface area (Å²) in [4.78, 5) is 7.00. The van der Waals surface area contributed by atoms with E-state index in [0.29, 0.717) is 6.54 Å². The van der Waals surface area contributed by atoms with Crippen molar-refractivity contribution in [3.8, 4) is 11.5 Å². The monoisotopic (exact) mass is 558 g/mol. The molecule has 9 heteroatoms. The maximum atomic E-state index is 5.47. The van der Waals surface area contributed by atoms with Crippen molar-refractivity contribution in [2.24, 2.45) is 4.99 Å². The van der Waals surface area contributed by atoms with Crippen LogP contribution >= 0.6 is 24.0 Å². The van der Waals surface area contributed by atoms with E-state index in [2.05, 4.69) is 65.4 Å². The van der Waals surface area contributed by atoms with Gasteiger partial charge >= 0.3 is 0 Å². The summed E-state index contributed by atoms with van der Waals surface area (Å²) in [6, 6.07) is 8.25. The lowest BCUT2D eigenvalue weighted by Gasteiger charge is -2.24. The fourth-order valence-corrected chi connectivity index (χ4v) is 3.48. The van der Waals surface area contributed by atoms with E-state index in [1.807, 2.05) is 19.1 Å². The van der Waals surface area contributed by atoms with E-state index in [9.17, 15) is 0 Å². The topological polar surface area (TPSA) is 75.9 Å². The smallest absolute Gasteiger partial charge is 0.191 e. The van der Waals surface area contributed by atoms with Gasteiger partial charge in [-0.05, 0) is 65.0 Å². The molecule has 8 nitrogen and oxygen atoms in total. The summed E-state index contributed by atoms with van der Waals surface area (Å²) in [5.41, 5.74) is 3.39. The minimum atomic E-state index is 0. The van der Waals surface area contributed by atoms with Gasteiger partial charge in [-0.3, -0.25) is 9.67 Å². The Balaban J connectivity index is 0.00000512. The highest BCUT2D eigenvalue weighted by atomic mass is 127. The van der Waals surface area contributed by atoms with Crippen molar-refractivity contribution in [2.45, 2.75) is 39.8 Å². The molecule has 1 heterocycles. The first-order valence-corrected chi connectivity index (χ1v) is 10.8. The number of aromatic nitrogens is 2. The third-order valence-corrected chi connectivity index (χ3v) is 5.12. The number of nitrogens with zero attached hydrogens (tertiary/aromatic N) is 4. The summed E-state index contributed by atoms with van der Waals surface area (Å²) in [5.74, 6) is 2.28. The van der Waals surface area contributed by atoms with Crippen LogP contribution in [0.15, 0.2) is 29.3 Å². The van der Waals surface area contributed by atoms with Gasteiger partial charge in [0.15, 0.2) is 17.5 Å². The normalized spacial score (nSPS) is 12.3. The number of benzene rings is 1. The number of aryl methyl sites for hydroxylation is 3. The quantitative estimate of drug-likeness (QED) is 0.191. The van der Waals surface area contributed by atoms with Crippen molar-refractivity contribution >= 4 is 29.9 Å². The number of hydrogen-bond donors (Lipinski definition) is 2. The lowest BCUT2D eigenvalue weighted by Crippen LogP contribution is -2.38. The molecule has 0 saturated heterocycles. The molecule has 0 aliphatic rings. The van der Waals surface area contributed by atoms with Crippen molar-refractivity contribution in [3.05, 3.63) is 41.2 Å². The largest absolute Gasteiger partial charge is 0.493 e. The summed E-state index contributed by atoms with van der Waals surface area (Å²) < 4.78 is 12.9. The van der Waals surface area contributed by atoms with E-state index in [1.54, 1.807) is 14.2 Å². The number of likely N-dealkylation sites (N-methyl/N-ethyl adjacent to an activating group) is 1. The standard InChI is InChI=1S/C23H38N6O2.HI/c1-8-24-23(25-12-9-13-29-18(3)14-17(2)27-29)26-16-20(28(4)5)19-10-11-21(30-6)22(15-19)31-7;/h10-11,14-15,20H,8-9,12-13,16H2,1-7H3,(H2,24,25,26);1H. The summed E-state index contributed by atoms with van der Waals surface area (Å²) in [5, 5.41) is 11.3. The zero-order valence-electron chi connectivity index (χ0n) is 20.4. The molecule has 1 atom stereocenters. The molecule has 2 aromatic rings. The van der Waals surface area contributed by atoms with Crippen LogP contribution in [0.25, 0.3) is 0 Å². The molecule has 0 spiro atoms. The number of ether oxygens (including phenoxy) is 2. The lowest BCUT2D eigenvalue weighted by molar-refractivity contribution is 0.303. The average Bonchev–Trinajstić information content (AvgIpc) is 3.07. The molecule has 0 saturated carbocycles. The highest BCUT2D eigenvalue weighted by Crippen LogP contribution is 2.31. The summed E-state index contributed by atoms with van der Waals surface area (Å²) >= 11 is 0. The molecule has 0 radical (unpaired) electrons. The number of hydrogen-bond acceptors (Lipinski definition) is 5. The van der Waals surface area contributed by atoms with Gasteiger partial charge < -0.3 is 25.0 Å². The van der Waals surface area contributed by atoms with E-state index in [-0.39, 0.29) is 30.0 Å². The van der Waals surface area contributed by atoms with E-state index < -0.39 is 0 Å². The summed E-state index contributed by atoms with van der Waals surface area (Å²) in [6.45, 7) is 9.34. The third kappa shape index (κ3) is 8.16. The molecule has 2 rings (SSSR count). The van der Waals surface area contributed by atoms with Crippen LogP contribution in [0.1, 0.15) is 36.3 Å². The van der Waals surface area contributed by atoms with E-state index >= 15 is 0 Å². The van der Waals surface area contributed by atoms with Crippen LogP contribution in [0.4, 0.5) is 0 Å². The molecule has 1 aromatic heterocycles. The van der Waals surface area contributed by atoms with Crippen molar-refractivity contribution in [3.63, 3.8) is 0 Å². The van der Waals surface area contributed by atoms with Crippen molar-refractivity contribution in [1.82, 2.24) is 25.3 Å². The van der Waals surface area contributed by atoms with Crippen LogP contribution in [-0.4, -0.2) is 68.6 Å².